The zero-order chi connectivity index (χ0) is 25.8. The molecule has 0 aromatic heterocycles. The molecule has 0 aliphatic carbocycles. The van der Waals surface area contributed by atoms with E-state index in [0.717, 1.165) is 37.2 Å². The summed E-state index contributed by atoms with van der Waals surface area (Å²) in [5.74, 6) is -0.191. The maximum absolute atomic E-state index is 13.5. The molecule has 3 aromatic rings. The van der Waals surface area contributed by atoms with Crippen LogP contribution in [-0.2, 0) is 9.53 Å². The van der Waals surface area contributed by atoms with Crippen LogP contribution in [0.3, 0.4) is 0 Å². The number of quaternary nitrogens is 1. The van der Waals surface area contributed by atoms with Gasteiger partial charge < -0.3 is 14.5 Å². The van der Waals surface area contributed by atoms with E-state index in [1.165, 1.54) is 12.1 Å². The largest absolute Gasteiger partial charge is 0.454 e. The lowest BCUT2D eigenvalue weighted by molar-refractivity contribution is -0.938. The Morgan fingerprint density at radius 3 is 2.32 bits per heavy atom. The molecule has 3 saturated heterocycles. The van der Waals surface area contributed by atoms with Crippen molar-refractivity contribution in [3.8, 4) is 0 Å². The Labute approximate surface area is 215 Å². The van der Waals surface area contributed by atoms with Gasteiger partial charge in [0, 0.05) is 42.1 Å². The molecule has 8 nitrogen and oxygen atoms in total. The first kappa shape index (κ1) is 24.6. The average molecular weight is 501 g/mol. The van der Waals surface area contributed by atoms with Crippen LogP contribution in [0.25, 0.3) is 0 Å². The highest BCUT2D eigenvalue weighted by atomic mass is 16.6. The molecule has 6 rings (SSSR count). The van der Waals surface area contributed by atoms with Crippen molar-refractivity contribution < 1.29 is 23.7 Å². The Balaban J connectivity index is 1.31. The molecule has 3 aliphatic rings. The zero-order valence-electron chi connectivity index (χ0n) is 20.5. The fourth-order valence-electron chi connectivity index (χ4n) is 5.61. The Bertz CT molecular complexity index is 1270. The number of esters is 1. The number of hydrogen-bond donors (Lipinski definition) is 1. The van der Waals surface area contributed by atoms with Crippen molar-refractivity contribution in [1.82, 2.24) is 0 Å². The number of benzene rings is 3. The molecule has 0 spiro atoms. The second kappa shape index (κ2) is 10.5. The third-order valence-corrected chi connectivity index (χ3v) is 7.62. The summed E-state index contributed by atoms with van der Waals surface area (Å²) in [6.45, 7) is 2.49. The van der Waals surface area contributed by atoms with Gasteiger partial charge in [0.2, 0.25) is 5.78 Å². The standard InChI is InChI=1S/C29H30N3O5/c33-26(23-10-7-13-25(18-23)31(35)36)19-32-16-14-21(15-17-32)27(20-32)37-29(34)28(22-8-3-1-4-9-22)30-24-11-5-2-6-12-24/h1-13,18,21,27-28,30H,14-17,19-20H2/q+1/t21?,27-,28?,32?/m0/s1. The summed E-state index contributed by atoms with van der Waals surface area (Å²) in [5.41, 5.74) is 1.91. The number of piperidine rings is 3. The number of nitro groups is 1. The molecule has 1 N–H and O–H groups in total. The number of carbonyl (C=O) groups is 2. The Hall–Kier alpha value is -4.04. The molecule has 0 amide bonds. The van der Waals surface area contributed by atoms with Gasteiger partial charge in [-0.2, -0.15) is 0 Å². The van der Waals surface area contributed by atoms with E-state index in [1.807, 2.05) is 60.7 Å². The van der Waals surface area contributed by atoms with Gasteiger partial charge in [0.1, 0.15) is 13.1 Å². The Morgan fingerprint density at radius 2 is 1.65 bits per heavy atom. The highest BCUT2D eigenvalue weighted by Gasteiger charge is 2.49. The van der Waals surface area contributed by atoms with E-state index in [4.69, 9.17) is 4.74 Å². The van der Waals surface area contributed by atoms with E-state index in [1.54, 1.807) is 12.1 Å². The first-order chi connectivity index (χ1) is 17.9. The predicted molar refractivity (Wildman–Crippen MR) is 139 cm³/mol. The maximum Gasteiger partial charge on any atom is 0.333 e. The van der Waals surface area contributed by atoms with Gasteiger partial charge in [0.05, 0.1) is 18.0 Å². The van der Waals surface area contributed by atoms with Gasteiger partial charge in [-0.3, -0.25) is 14.9 Å². The Kier molecular flexibility index (Phi) is 7.01. The second-order valence-corrected chi connectivity index (χ2v) is 10.0. The number of anilines is 1. The molecular weight excluding hydrogens is 470 g/mol. The summed E-state index contributed by atoms with van der Waals surface area (Å²) in [5, 5.41) is 14.5. The highest BCUT2D eigenvalue weighted by molar-refractivity contribution is 5.97. The van der Waals surface area contributed by atoms with Gasteiger partial charge in [-0.25, -0.2) is 4.79 Å². The van der Waals surface area contributed by atoms with Crippen LogP contribution in [0.5, 0.6) is 0 Å². The minimum atomic E-state index is -0.654. The lowest BCUT2D eigenvalue weighted by Crippen LogP contribution is -2.65. The van der Waals surface area contributed by atoms with E-state index >= 15 is 0 Å². The van der Waals surface area contributed by atoms with Crippen molar-refractivity contribution in [2.45, 2.75) is 25.0 Å². The predicted octanol–water partition coefficient (Wildman–Crippen LogP) is 4.78. The topological polar surface area (TPSA) is 98.5 Å². The molecule has 8 heteroatoms. The second-order valence-electron chi connectivity index (χ2n) is 10.0. The lowest BCUT2D eigenvalue weighted by atomic mass is 9.82. The first-order valence-corrected chi connectivity index (χ1v) is 12.6. The zero-order valence-corrected chi connectivity index (χ0v) is 20.5. The number of nitrogens with zero attached hydrogens (tertiary/aromatic N) is 2. The molecule has 3 aliphatic heterocycles. The number of Topliss-reactive ketones (excluding diaryl/α,β-unsaturated/α-hetero) is 1. The van der Waals surface area contributed by atoms with Crippen molar-refractivity contribution in [1.29, 1.82) is 0 Å². The molecule has 2 atom stereocenters. The van der Waals surface area contributed by atoms with Crippen LogP contribution in [-0.4, -0.2) is 53.4 Å². The highest BCUT2D eigenvalue weighted by Crippen LogP contribution is 2.37. The third-order valence-electron chi connectivity index (χ3n) is 7.62. The van der Waals surface area contributed by atoms with Crippen molar-refractivity contribution in [2.24, 2.45) is 5.92 Å². The van der Waals surface area contributed by atoms with Gasteiger partial charge in [-0.05, 0) is 17.7 Å². The van der Waals surface area contributed by atoms with E-state index in [-0.39, 0.29) is 36.0 Å². The molecule has 1 unspecified atom stereocenters. The van der Waals surface area contributed by atoms with Gasteiger partial charge in [0.15, 0.2) is 12.1 Å². The van der Waals surface area contributed by atoms with Gasteiger partial charge in [0.25, 0.3) is 5.69 Å². The number of non-ortho nitro benzene ring substituents is 1. The summed E-state index contributed by atoms with van der Waals surface area (Å²) in [6, 6.07) is 24.3. The van der Waals surface area contributed by atoms with Crippen LogP contribution in [0.1, 0.15) is 34.8 Å². The SMILES string of the molecule is O=C(C[N+]12CCC(CC1)[C@@H](OC(=O)C(Nc1ccccc1)c1ccccc1)C2)c1cccc([N+](=O)[O-])c1. The van der Waals surface area contributed by atoms with Crippen LogP contribution in [0, 0.1) is 16.0 Å². The molecule has 3 heterocycles. The van der Waals surface area contributed by atoms with E-state index < -0.39 is 11.0 Å². The molecule has 37 heavy (non-hydrogen) atoms. The fraction of sp³-hybridized carbons (Fsp3) is 0.310. The van der Waals surface area contributed by atoms with Crippen LogP contribution in [0.4, 0.5) is 11.4 Å². The van der Waals surface area contributed by atoms with Crippen molar-refractivity contribution in [3.63, 3.8) is 0 Å². The number of fused-ring (bicyclic) bond motifs is 3. The summed E-state index contributed by atoms with van der Waals surface area (Å²) < 4.78 is 6.70. The summed E-state index contributed by atoms with van der Waals surface area (Å²) in [7, 11) is 0. The number of nitro benzene ring substituents is 1. The van der Waals surface area contributed by atoms with E-state index in [2.05, 4.69) is 5.32 Å². The number of rotatable bonds is 9. The Morgan fingerprint density at radius 1 is 0.973 bits per heavy atom. The summed E-state index contributed by atoms with van der Waals surface area (Å²) in [6.07, 6.45) is 1.47. The smallest absolute Gasteiger partial charge is 0.333 e. The molecule has 3 fully saturated rings. The molecule has 0 saturated carbocycles. The number of para-hydroxylation sites is 1. The quantitative estimate of drug-likeness (QED) is 0.149. The summed E-state index contributed by atoms with van der Waals surface area (Å²) >= 11 is 0. The average Bonchev–Trinajstić information content (AvgIpc) is 2.93. The van der Waals surface area contributed by atoms with Crippen molar-refractivity contribution in [2.75, 3.05) is 31.5 Å². The number of hydrogen-bond acceptors (Lipinski definition) is 6. The number of ether oxygens (including phenoxy) is 1. The minimum Gasteiger partial charge on any atom is -0.454 e. The third kappa shape index (κ3) is 5.54. The minimum absolute atomic E-state index is 0.0899. The van der Waals surface area contributed by atoms with Gasteiger partial charge >= 0.3 is 5.97 Å². The molecule has 3 aromatic carbocycles. The maximum atomic E-state index is 13.5. The first-order valence-electron chi connectivity index (χ1n) is 12.6. The van der Waals surface area contributed by atoms with Gasteiger partial charge in [-0.1, -0.05) is 60.7 Å². The fourth-order valence-corrected chi connectivity index (χ4v) is 5.61. The number of carbonyl (C=O) groups excluding carboxylic acids is 2. The van der Waals surface area contributed by atoms with Crippen LogP contribution in [0.2, 0.25) is 0 Å². The molecule has 190 valence electrons. The monoisotopic (exact) mass is 500 g/mol. The van der Waals surface area contributed by atoms with Crippen molar-refractivity contribution in [3.05, 3.63) is 106 Å². The van der Waals surface area contributed by atoms with Crippen LogP contribution >= 0.6 is 0 Å². The van der Waals surface area contributed by atoms with E-state index in [9.17, 15) is 19.7 Å². The number of nitrogens with one attached hydrogen (secondary N) is 1. The molecule has 2 bridgehead atoms. The molecular formula is C29H30N3O5+. The lowest BCUT2D eigenvalue weighted by Gasteiger charge is -2.51. The van der Waals surface area contributed by atoms with E-state index in [0.29, 0.717) is 16.6 Å². The normalized spacial score (nSPS) is 23.1. The van der Waals surface area contributed by atoms with Crippen LogP contribution < -0.4 is 5.32 Å². The van der Waals surface area contributed by atoms with Crippen molar-refractivity contribution >= 4 is 23.1 Å². The van der Waals surface area contributed by atoms with Gasteiger partial charge in [-0.15, -0.1) is 0 Å². The number of ketones is 1. The summed E-state index contributed by atoms with van der Waals surface area (Å²) in [4.78, 5) is 37.3. The van der Waals surface area contributed by atoms with Crippen LogP contribution in [0.15, 0.2) is 84.9 Å². The molecule has 0 radical (unpaired) electrons.